The van der Waals surface area contributed by atoms with Gasteiger partial charge in [-0.3, -0.25) is 0 Å². The van der Waals surface area contributed by atoms with Gasteiger partial charge in [-0.15, -0.1) is 5.10 Å². The van der Waals surface area contributed by atoms with Crippen molar-refractivity contribution in [1.82, 2.24) is 25.2 Å². The smallest absolute Gasteiger partial charge is 0.287 e. The summed E-state index contributed by atoms with van der Waals surface area (Å²) < 4.78 is 67.5. The van der Waals surface area contributed by atoms with E-state index >= 15 is 8.78 Å². The number of hydrogen-bond acceptors (Lipinski definition) is 6. The Bertz CT molecular complexity index is 1410. The van der Waals surface area contributed by atoms with Gasteiger partial charge in [0.1, 0.15) is 23.7 Å². The molecule has 190 valence electrons. The minimum absolute atomic E-state index is 0.105. The second-order valence-corrected chi connectivity index (χ2v) is 9.95. The molecule has 7 rings (SSSR count). The largest absolute Gasteiger partial charge is 0.439 e. The van der Waals surface area contributed by atoms with E-state index in [1.165, 1.54) is 0 Å². The number of aromatic nitrogens is 5. The SMILES string of the molecule is OC(Cn1cnnn1)(c1ccc(F)cc1F)C(F)(F)C12CC(c3ccc(Oc4ccccn4)cc3)(C1)C2. The van der Waals surface area contributed by atoms with E-state index in [9.17, 15) is 13.9 Å². The van der Waals surface area contributed by atoms with Crippen molar-refractivity contribution in [3.8, 4) is 11.6 Å². The van der Waals surface area contributed by atoms with Crippen molar-refractivity contribution >= 4 is 0 Å². The van der Waals surface area contributed by atoms with Crippen LogP contribution >= 0.6 is 0 Å². The van der Waals surface area contributed by atoms with Gasteiger partial charge in [-0.1, -0.05) is 18.2 Å². The number of benzene rings is 2. The highest BCUT2D eigenvalue weighted by molar-refractivity contribution is 5.45. The van der Waals surface area contributed by atoms with Gasteiger partial charge in [0.25, 0.3) is 5.92 Å². The van der Waals surface area contributed by atoms with Crippen molar-refractivity contribution in [2.45, 2.75) is 42.7 Å². The van der Waals surface area contributed by atoms with Crippen LogP contribution in [0, 0.1) is 17.0 Å². The Balaban J connectivity index is 1.26. The molecular weight excluding hydrogens is 490 g/mol. The molecule has 0 radical (unpaired) electrons. The third-order valence-corrected chi connectivity index (χ3v) is 7.70. The molecule has 37 heavy (non-hydrogen) atoms. The van der Waals surface area contributed by atoms with Crippen LogP contribution in [0.15, 0.2) is 73.2 Å². The first-order valence-corrected chi connectivity index (χ1v) is 11.6. The van der Waals surface area contributed by atoms with Gasteiger partial charge >= 0.3 is 0 Å². The average Bonchev–Trinajstić information content (AvgIpc) is 3.31. The third-order valence-electron chi connectivity index (χ3n) is 7.70. The Morgan fingerprint density at radius 1 is 1.00 bits per heavy atom. The zero-order valence-electron chi connectivity index (χ0n) is 19.4. The minimum atomic E-state index is -3.77. The second kappa shape index (κ2) is 8.07. The maximum Gasteiger partial charge on any atom is 0.287 e. The van der Waals surface area contributed by atoms with Gasteiger partial charge in [0.05, 0.1) is 6.54 Å². The summed E-state index contributed by atoms with van der Waals surface area (Å²) in [5.41, 5.74) is -4.85. The molecule has 2 heterocycles. The molecule has 3 saturated carbocycles. The molecule has 7 nitrogen and oxygen atoms in total. The monoisotopic (exact) mass is 511 g/mol. The normalized spacial score (nSPS) is 24.0. The molecule has 1 unspecified atom stereocenters. The maximum absolute atomic E-state index is 16.3. The Hall–Kier alpha value is -3.86. The minimum Gasteiger partial charge on any atom is -0.439 e. The first kappa shape index (κ1) is 23.5. The van der Waals surface area contributed by atoms with Crippen LogP contribution in [-0.4, -0.2) is 36.2 Å². The van der Waals surface area contributed by atoms with Gasteiger partial charge in [-0.05, 0) is 71.0 Å². The Kier molecular flexibility index (Phi) is 5.13. The lowest BCUT2D eigenvalue weighted by Crippen LogP contribution is -2.76. The average molecular weight is 511 g/mol. The number of hydrogen-bond donors (Lipinski definition) is 1. The van der Waals surface area contributed by atoms with Gasteiger partial charge < -0.3 is 9.84 Å². The second-order valence-electron chi connectivity index (χ2n) is 9.95. The molecule has 2 aromatic carbocycles. The van der Waals surface area contributed by atoms with E-state index in [0.717, 1.165) is 28.7 Å². The molecule has 2 bridgehead atoms. The number of pyridine rings is 1. The summed E-state index contributed by atoms with van der Waals surface area (Å²) in [5, 5.41) is 21.9. The third kappa shape index (κ3) is 3.51. The van der Waals surface area contributed by atoms with Crippen LogP contribution in [0.3, 0.4) is 0 Å². The molecule has 4 aromatic rings. The van der Waals surface area contributed by atoms with Gasteiger partial charge in [-0.2, -0.15) is 0 Å². The number of nitrogens with zero attached hydrogens (tertiary/aromatic N) is 5. The lowest BCUT2D eigenvalue weighted by Gasteiger charge is -2.74. The van der Waals surface area contributed by atoms with Crippen LogP contribution in [0.2, 0.25) is 0 Å². The fourth-order valence-electron chi connectivity index (χ4n) is 5.94. The highest BCUT2D eigenvalue weighted by atomic mass is 19.3. The molecule has 1 N–H and O–H groups in total. The summed E-state index contributed by atoms with van der Waals surface area (Å²) in [6.07, 6.45) is 2.99. The summed E-state index contributed by atoms with van der Waals surface area (Å²) >= 11 is 0. The van der Waals surface area contributed by atoms with E-state index in [1.54, 1.807) is 36.5 Å². The first-order valence-electron chi connectivity index (χ1n) is 11.6. The lowest BCUT2D eigenvalue weighted by molar-refractivity contribution is -0.347. The molecule has 3 aliphatic rings. The van der Waals surface area contributed by atoms with E-state index in [-0.39, 0.29) is 19.3 Å². The summed E-state index contributed by atoms with van der Waals surface area (Å²) in [7, 11) is 0. The summed E-state index contributed by atoms with van der Waals surface area (Å²) in [6, 6.07) is 14.7. The van der Waals surface area contributed by atoms with Crippen molar-refractivity contribution in [3.63, 3.8) is 0 Å². The van der Waals surface area contributed by atoms with Gasteiger partial charge in [0.15, 0.2) is 5.60 Å². The molecule has 11 heteroatoms. The van der Waals surface area contributed by atoms with Gasteiger partial charge in [0.2, 0.25) is 5.88 Å². The Labute approximate surface area is 208 Å². The molecular formula is C26H21F4N5O2. The van der Waals surface area contributed by atoms with Crippen LogP contribution in [-0.2, 0) is 17.6 Å². The van der Waals surface area contributed by atoms with Gasteiger partial charge in [0, 0.05) is 29.3 Å². The number of tetrazole rings is 1. The summed E-state index contributed by atoms with van der Waals surface area (Å²) in [6.45, 7) is -0.802. The van der Waals surface area contributed by atoms with Gasteiger partial charge in [-0.25, -0.2) is 27.2 Å². The van der Waals surface area contributed by atoms with Crippen molar-refractivity contribution in [2.75, 3.05) is 0 Å². The predicted octanol–water partition coefficient (Wildman–Crippen LogP) is 4.78. The van der Waals surface area contributed by atoms with Crippen molar-refractivity contribution in [1.29, 1.82) is 0 Å². The molecule has 3 fully saturated rings. The number of ether oxygens (including phenoxy) is 1. The maximum atomic E-state index is 16.3. The highest BCUT2D eigenvalue weighted by Gasteiger charge is 2.82. The Morgan fingerprint density at radius 3 is 2.38 bits per heavy atom. The number of alkyl halides is 2. The molecule has 2 aromatic heterocycles. The highest BCUT2D eigenvalue weighted by Crippen LogP contribution is 2.80. The zero-order valence-corrected chi connectivity index (χ0v) is 19.4. The number of aliphatic hydroxyl groups is 1. The lowest BCUT2D eigenvalue weighted by atomic mass is 9.30. The summed E-state index contributed by atoms with van der Waals surface area (Å²) in [4.78, 5) is 4.11. The fourth-order valence-corrected chi connectivity index (χ4v) is 5.94. The topological polar surface area (TPSA) is 86.0 Å². The molecule has 0 aliphatic heterocycles. The van der Waals surface area contributed by atoms with Crippen LogP contribution < -0.4 is 4.74 Å². The van der Waals surface area contributed by atoms with Crippen molar-refractivity contribution in [2.24, 2.45) is 5.41 Å². The molecule has 0 spiro atoms. The molecule has 3 aliphatic carbocycles. The Morgan fingerprint density at radius 2 is 1.76 bits per heavy atom. The zero-order chi connectivity index (χ0) is 25.9. The van der Waals surface area contributed by atoms with Crippen molar-refractivity contribution in [3.05, 3.63) is 95.9 Å². The van der Waals surface area contributed by atoms with E-state index in [2.05, 4.69) is 20.5 Å². The van der Waals surface area contributed by atoms with E-state index in [4.69, 9.17) is 4.74 Å². The predicted molar refractivity (Wildman–Crippen MR) is 122 cm³/mol. The summed E-state index contributed by atoms with van der Waals surface area (Å²) in [5.74, 6) is -4.96. The van der Waals surface area contributed by atoms with Crippen LogP contribution in [0.4, 0.5) is 17.6 Å². The number of halogens is 4. The van der Waals surface area contributed by atoms with Crippen molar-refractivity contribution < 1.29 is 27.4 Å². The molecule has 0 saturated heterocycles. The van der Waals surface area contributed by atoms with Crippen LogP contribution in [0.5, 0.6) is 11.6 Å². The quantitative estimate of drug-likeness (QED) is 0.343. The van der Waals surface area contributed by atoms with Crippen LogP contribution in [0.25, 0.3) is 0 Å². The van der Waals surface area contributed by atoms with E-state index in [1.807, 2.05) is 12.1 Å². The molecule has 1 atom stereocenters. The number of rotatable bonds is 8. The van der Waals surface area contributed by atoms with E-state index in [0.29, 0.717) is 17.7 Å². The first-order chi connectivity index (χ1) is 17.7. The van der Waals surface area contributed by atoms with Crippen LogP contribution in [0.1, 0.15) is 30.4 Å². The molecule has 0 amide bonds. The van der Waals surface area contributed by atoms with E-state index < -0.39 is 46.1 Å². The fraction of sp³-hybridized carbons (Fsp3) is 0.308. The standard InChI is InChI=1S/C26H21F4N5O2/c27-18-6-9-20(21(28)11-18)25(36,15-35-16-32-33-34-35)26(29,30)24-12-23(13-24,14-24)17-4-7-19(8-5-17)37-22-3-1-2-10-31-22/h1-11,16,36H,12-15H2.